The van der Waals surface area contributed by atoms with Gasteiger partial charge < -0.3 is 14.4 Å². The molecule has 0 atom stereocenters. The molecule has 2 aliphatic carbocycles. The van der Waals surface area contributed by atoms with Gasteiger partial charge in [-0.15, -0.1) is 0 Å². The lowest BCUT2D eigenvalue weighted by Crippen LogP contribution is -2.45. The van der Waals surface area contributed by atoms with Gasteiger partial charge in [-0.1, -0.05) is 112 Å². The number of nitrogens with zero attached hydrogens (tertiary/aromatic N) is 1. The second-order valence-electron chi connectivity index (χ2n) is 15.6. The maximum absolute atomic E-state index is 14.4. The lowest BCUT2D eigenvalue weighted by Gasteiger charge is -2.49. The molecule has 1 aliphatic heterocycles. The number of carbonyl (C=O) groups is 2. The summed E-state index contributed by atoms with van der Waals surface area (Å²) in [6, 6.07) is 28.7. The van der Waals surface area contributed by atoms with E-state index < -0.39 is 5.92 Å². The molecule has 0 aromatic heterocycles. The summed E-state index contributed by atoms with van der Waals surface area (Å²) in [4.78, 5) is 31.1. The van der Waals surface area contributed by atoms with Crippen LogP contribution in [0.3, 0.4) is 0 Å². The molecule has 0 spiro atoms. The molecule has 0 amide bonds. The van der Waals surface area contributed by atoms with Gasteiger partial charge in [0.25, 0.3) is 0 Å². The van der Waals surface area contributed by atoms with Gasteiger partial charge in [-0.2, -0.15) is 0 Å². The Bertz CT molecular complexity index is 1980. The minimum atomic E-state index is -0.524. The van der Waals surface area contributed by atoms with Gasteiger partial charge in [0.1, 0.15) is 6.61 Å². The molecule has 0 fully saturated rings. The number of halogens is 1. The fraction of sp³-hybridized carbons (Fsp3) is 0.364. The quantitative estimate of drug-likeness (QED) is 0.175. The third-order valence-electron chi connectivity index (χ3n) is 10.4. The van der Waals surface area contributed by atoms with E-state index in [4.69, 9.17) is 21.1 Å². The Morgan fingerprint density at radius 2 is 1.38 bits per heavy atom. The number of hydrogen-bond donors (Lipinski definition) is 0. The van der Waals surface area contributed by atoms with E-state index in [0.717, 1.165) is 63.7 Å². The fourth-order valence-electron chi connectivity index (χ4n) is 8.26. The van der Waals surface area contributed by atoms with Crippen molar-refractivity contribution in [1.82, 2.24) is 4.90 Å². The van der Waals surface area contributed by atoms with Gasteiger partial charge in [-0.3, -0.25) is 9.59 Å². The monoisotopic (exact) mass is 687 g/mol. The molecule has 4 aromatic carbocycles. The van der Waals surface area contributed by atoms with Gasteiger partial charge in [0.05, 0.1) is 11.6 Å². The summed E-state index contributed by atoms with van der Waals surface area (Å²) >= 11 is 7.12. The Kier molecular flexibility index (Phi) is 9.15. The van der Waals surface area contributed by atoms with Crippen molar-refractivity contribution in [2.24, 2.45) is 10.8 Å². The molecule has 3 aliphatic rings. The number of fused-ring (bicyclic) bond motifs is 1. The van der Waals surface area contributed by atoms with Crippen LogP contribution in [0.25, 0.3) is 10.8 Å². The van der Waals surface area contributed by atoms with Crippen LogP contribution < -0.4 is 9.47 Å². The number of rotatable bonds is 9. The number of carbonyl (C=O) groups excluding carboxylic acids is 2. The maximum atomic E-state index is 14.4. The van der Waals surface area contributed by atoms with E-state index in [-0.39, 0.29) is 22.4 Å². The predicted molar refractivity (Wildman–Crippen MR) is 201 cm³/mol. The average Bonchev–Trinajstić information content (AvgIpc) is 3.06. The van der Waals surface area contributed by atoms with Crippen LogP contribution >= 0.6 is 11.6 Å². The van der Waals surface area contributed by atoms with E-state index in [9.17, 15) is 9.59 Å². The second kappa shape index (κ2) is 13.4. The van der Waals surface area contributed by atoms with E-state index in [1.807, 2.05) is 43.3 Å². The first-order valence-corrected chi connectivity index (χ1v) is 18.2. The third kappa shape index (κ3) is 6.60. The van der Waals surface area contributed by atoms with E-state index in [1.165, 1.54) is 5.56 Å². The number of hydrogen-bond acceptors (Lipinski definition) is 5. The molecule has 0 saturated heterocycles. The average molecular weight is 688 g/mol. The van der Waals surface area contributed by atoms with Crippen LogP contribution in [0.2, 0.25) is 5.02 Å². The first-order valence-electron chi connectivity index (χ1n) is 17.8. The minimum Gasteiger partial charge on any atom is -0.490 e. The van der Waals surface area contributed by atoms with Crippen LogP contribution in [-0.4, -0.2) is 29.6 Å². The molecule has 0 bridgehead atoms. The number of allylic oxidation sites excluding steroid dienone is 4. The van der Waals surface area contributed by atoms with Crippen LogP contribution in [0.5, 0.6) is 11.5 Å². The zero-order chi connectivity index (χ0) is 35.2. The van der Waals surface area contributed by atoms with Gasteiger partial charge in [0.15, 0.2) is 23.1 Å². The summed E-state index contributed by atoms with van der Waals surface area (Å²) in [5.74, 6) is 0.643. The standard InChI is InChI=1S/C44H46ClNO4/c1-6-49-38-22-31(21-33(45)42(38)50-27-30-17-12-16-29-15-10-11-18-32(29)30)39-40-34(23-43(2,3)25-36(40)47)46(20-19-28-13-8-7-9-14-28)35-24-44(4,5)26-37(48)41(35)39/h7-18,21-22,39H,6,19-20,23-27H2,1-5H3. The van der Waals surface area contributed by atoms with Gasteiger partial charge in [-0.05, 0) is 76.6 Å². The van der Waals surface area contributed by atoms with Gasteiger partial charge >= 0.3 is 0 Å². The number of ether oxygens (including phenoxy) is 2. The molecule has 7 rings (SSSR count). The van der Waals surface area contributed by atoms with Crippen molar-refractivity contribution in [3.8, 4) is 11.5 Å². The third-order valence-corrected chi connectivity index (χ3v) is 10.7. The molecule has 50 heavy (non-hydrogen) atoms. The highest BCUT2D eigenvalue weighted by molar-refractivity contribution is 6.32. The summed E-state index contributed by atoms with van der Waals surface area (Å²) < 4.78 is 12.6. The summed E-state index contributed by atoms with van der Waals surface area (Å²) in [7, 11) is 0. The lowest BCUT2D eigenvalue weighted by atomic mass is 9.63. The largest absolute Gasteiger partial charge is 0.490 e. The Balaban J connectivity index is 1.34. The Hall–Kier alpha value is -4.35. The number of Topliss-reactive ketones (excluding diaryl/α,β-unsaturated/α-hetero) is 2. The maximum Gasteiger partial charge on any atom is 0.180 e. The van der Waals surface area contributed by atoms with E-state index >= 15 is 0 Å². The molecular formula is C44H46ClNO4. The summed E-state index contributed by atoms with van der Waals surface area (Å²) in [5, 5.41) is 2.66. The van der Waals surface area contributed by atoms with Crippen molar-refractivity contribution in [1.29, 1.82) is 0 Å². The molecule has 1 heterocycles. The van der Waals surface area contributed by atoms with Crippen LogP contribution in [-0.2, 0) is 22.6 Å². The van der Waals surface area contributed by atoms with Crippen molar-refractivity contribution >= 4 is 33.9 Å². The molecule has 5 nitrogen and oxygen atoms in total. The van der Waals surface area contributed by atoms with Crippen LogP contribution in [0.15, 0.2) is 107 Å². The van der Waals surface area contributed by atoms with Gasteiger partial charge in [0, 0.05) is 47.8 Å². The number of ketones is 2. The molecule has 258 valence electrons. The molecular weight excluding hydrogens is 642 g/mol. The van der Waals surface area contributed by atoms with E-state index in [1.54, 1.807) is 0 Å². The summed E-state index contributed by atoms with van der Waals surface area (Å²) in [5.41, 5.74) is 6.21. The first kappa shape index (κ1) is 34.1. The predicted octanol–water partition coefficient (Wildman–Crippen LogP) is 10.4. The zero-order valence-electron chi connectivity index (χ0n) is 29.8. The highest BCUT2D eigenvalue weighted by Gasteiger charge is 2.49. The fourth-order valence-corrected chi connectivity index (χ4v) is 8.54. The SMILES string of the molecule is CCOc1cc(C2C3=C(CC(C)(C)CC3=O)N(CCc3ccccc3)C3=C2C(=O)CC(C)(C)C3)cc(Cl)c1OCc1cccc2ccccc12. The summed E-state index contributed by atoms with van der Waals surface area (Å²) in [6.45, 7) is 12.0. The van der Waals surface area contributed by atoms with E-state index in [2.05, 4.69) is 81.1 Å². The Labute approximate surface area is 300 Å². The molecule has 0 unspecified atom stereocenters. The van der Waals surface area contributed by atoms with Crippen molar-refractivity contribution in [2.75, 3.05) is 13.2 Å². The summed E-state index contributed by atoms with van der Waals surface area (Å²) in [6.07, 6.45) is 3.17. The molecule has 0 radical (unpaired) electrons. The highest BCUT2D eigenvalue weighted by Crippen LogP contribution is 2.55. The van der Waals surface area contributed by atoms with Crippen LogP contribution in [0, 0.1) is 10.8 Å². The zero-order valence-corrected chi connectivity index (χ0v) is 30.5. The van der Waals surface area contributed by atoms with Crippen molar-refractivity contribution in [3.05, 3.63) is 129 Å². The highest BCUT2D eigenvalue weighted by atomic mass is 35.5. The van der Waals surface area contributed by atoms with Gasteiger partial charge in [0.2, 0.25) is 0 Å². The topological polar surface area (TPSA) is 55.8 Å². The van der Waals surface area contributed by atoms with Crippen LogP contribution in [0.1, 0.15) is 82.9 Å². The van der Waals surface area contributed by atoms with Crippen molar-refractivity contribution < 1.29 is 19.1 Å². The Morgan fingerprint density at radius 1 is 0.760 bits per heavy atom. The van der Waals surface area contributed by atoms with Crippen molar-refractivity contribution in [3.63, 3.8) is 0 Å². The molecule has 0 saturated carbocycles. The second-order valence-corrected chi connectivity index (χ2v) is 16.0. The Morgan fingerprint density at radius 3 is 2.04 bits per heavy atom. The van der Waals surface area contributed by atoms with Crippen LogP contribution in [0.4, 0.5) is 0 Å². The first-order chi connectivity index (χ1) is 23.9. The molecule has 4 aromatic rings. The normalized spacial score (nSPS) is 18.7. The molecule has 6 heteroatoms. The smallest absolute Gasteiger partial charge is 0.180 e. The van der Waals surface area contributed by atoms with Crippen molar-refractivity contribution in [2.45, 2.75) is 79.2 Å². The van der Waals surface area contributed by atoms with Gasteiger partial charge in [-0.25, -0.2) is 0 Å². The molecule has 0 N–H and O–H groups in total. The number of benzene rings is 4. The lowest BCUT2D eigenvalue weighted by molar-refractivity contribution is -0.119. The minimum absolute atomic E-state index is 0.0977. The van der Waals surface area contributed by atoms with E-state index in [0.29, 0.717) is 49.1 Å².